The highest BCUT2D eigenvalue weighted by molar-refractivity contribution is 6.41. The lowest BCUT2D eigenvalue weighted by Gasteiger charge is -2.35. The SMILES string of the molecule is NCC[C@H]1CCCCN1C(=O)c1cc(Cl)c(Cl)[nH]1. The third-order valence-electron chi connectivity index (χ3n) is 3.34. The first-order chi connectivity index (χ1) is 8.63. The number of carbonyl (C=O) groups excluding carboxylic acids is 1. The van der Waals surface area contributed by atoms with E-state index in [-0.39, 0.29) is 11.9 Å². The van der Waals surface area contributed by atoms with Gasteiger partial charge in [-0.15, -0.1) is 0 Å². The second-order valence-corrected chi connectivity index (χ2v) is 5.36. The third kappa shape index (κ3) is 2.82. The number of amides is 1. The van der Waals surface area contributed by atoms with Crippen molar-refractivity contribution >= 4 is 29.1 Å². The molecule has 1 aromatic heterocycles. The molecule has 4 nitrogen and oxygen atoms in total. The average molecular weight is 290 g/mol. The summed E-state index contributed by atoms with van der Waals surface area (Å²) in [5, 5.41) is 0.694. The van der Waals surface area contributed by atoms with Crippen LogP contribution in [0.4, 0.5) is 0 Å². The van der Waals surface area contributed by atoms with Crippen LogP contribution in [-0.2, 0) is 0 Å². The molecule has 2 rings (SSSR count). The Morgan fingerprint density at radius 1 is 1.50 bits per heavy atom. The van der Waals surface area contributed by atoms with Crippen LogP contribution in [-0.4, -0.2) is 34.9 Å². The molecule has 1 aromatic rings. The van der Waals surface area contributed by atoms with Gasteiger partial charge in [-0.2, -0.15) is 0 Å². The number of rotatable bonds is 3. The topological polar surface area (TPSA) is 62.1 Å². The van der Waals surface area contributed by atoms with Crippen LogP contribution < -0.4 is 5.73 Å². The van der Waals surface area contributed by atoms with Crippen LogP contribution >= 0.6 is 23.2 Å². The van der Waals surface area contributed by atoms with Crippen LogP contribution in [0.2, 0.25) is 10.2 Å². The molecule has 3 N–H and O–H groups in total. The molecule has 1 atom stereocenters. The Balaban J connectivity index is 2.15. The fourth-order valence-electron chi connectivity index (χ4n) is 2.43. The first-order valence-electron chi connectivity index (χ1n) is 6.18. The fourth-order valence-corrected chi connectivity index (χ4v) is 2.75. The molecule has 1 saturated heterocycles. The van der Waals surface area contributed by atoms with Crippen molar-refractivity contribution in [3.8, 4) is 0 Å². The van der Waals surface area contributed by atoms with Gasteiger partial charge in [0.2, 0.25) is 0 Å². The number of H-pyrrole nitrogens is 1. The summed E-state index contributed by atoms with van der Waals surface area (Å²) in [5.74, 6) is -0.0399. The molecule has 18 heavy (non-hydrogen) atoms. The van der Waals surface area contributed by atoms with Crippen molar-refractivity contribution in [1.29, 1.82) is 0 Å². The van der Waals surface area contributed by atoms with Gasteiger partial charge in [-0.25, -0.2) is 0 Å². The van der Waals surface area contributed by atoms with Crippen LogP contribution in [0.5, 0.6) is 0 Å². The van der Waals surface area contributed by atoms with E-state index in [1.54, 1.807) is 6.07 Å². The van der Waals surface area contributed by atoms with E-state index < -0.39 is 0 Å². The van der Waals surface area contributed by atoms with E-state index >= 15 is 0 Å². The molecule has 0 unspecified atom stereocenters. The number of aromatic amines is 1. The number of nitrogens with zero attached hydrogens (tertiary/aromatic N) is 1. The summed E-state index contributed by atoms with van der Waals surface area (Å²) in [4.78, 5) is 17.1. The molecule has 0 saturated carbocycles. The normalized spacial score (nSPS) is 20.2. The number of nitrogens with two attached hydrogens (primary N) is 1. The maximum absolute atomic E-state index is 12.4. The van der Waals surface area contributed by atoms with Gasteiger partial charge < -0.3 is 15.6 Å². The molecular formula is C12H17Cl2N3O. The fraction of sp³-hybridized carbons (Fsp3) is 0.583. The van der Waals surface area contributed by atoms with Crippen LogP contribution in [0, 0.1) is 0 Å². The van der Waals surface area contributed by atoms with Crippen molar-refractivity contribution in [3.05, 3.63) is 21.9 Å². The largest absolute Gasteiger partial charge is 0.340 e. The van der Waals surface area contributed by atoms with E-state index in [1.807, 2.05) is 4.90 Å². The van der Waals surface area contributed by atoms with Crippen LogP contribution in [0.15, 0.2) is 6.07 Å². The van der Waals surface area contributed by atoms with Gasteiger partial charge in [0.1, 0.15) is 10.8 Å². The zero-order valence-electron chi connectivity index (χ0n) is 10.1. The standard InChI is InChI=1S/C12H17Cl2N3O/c13-9-7-10(16-11(9)14)12(18)17-6-2-1-3-8(17)4-5-15/h7-8,16H,1-6,15H2/t8-/m1/s1. The van der Waals surface area contributed by atoms with E-state index in [9.17, 15) is 4.79 Å². The Morgan fingerprint density at radius 3 is 2.89 bits per heavy atom. The van der Waals surface area contributed by atoms with E-state index in [1.165, 1.54) is 0 Å². The van der Waals surface area contributed by atoms with Gasteiger partial charge >= 0.3 is 0 Å². The van der Waals surface area contributed by atoms with Gasteiger partial charge in [-0.3, -0.25) is 4.79 Å². The lowest BCUT2D eigenvalue weighted by Crippen LogP contribution is -2.44. The van der Waals surface area contributed by atoms with E-state index in [0.717, 1.165) is 32.2 Å². The summed E-state index contributed by atoms with van der Waals surface area (Å²) in [5.41, 5.74) is 6.05. The summed E-state index contributed by atoms with van der Waals surface area (Å²) >= 11 is 11.7. The number of likely N-dealkylation sites (tertiary alicyclic amines) is 1. The third-order valence-corrected chi connectivity index (χ3v) is 4.04. The van der Waals surface area contributed by atoms with Crippen LogP contribution in [0.1, 0.15) is 36.2 Å². The number of piperidine rings is 1. The molecule has 1 amide bonds. The molecule has 1 fully saturated rings. The number of aromatic nitrogens is 1. The van der Waals surface area contributed by atoms with E-state index in [4.69, 9.17) is 28.9 Å². The number of hydrogen-bond donors (Lipinski definition) is 2. The maximum atomic E-state index is 12.4. The van der Waals surface area contributed by atoms with Gasteiger partial charge in [-0.1, -0.05) is 23.2 Å². The van der Waals surface area contributed by atoms with Gasteiger partial charge in [0.15, 0.2) is 0 Å². The molecule has 1 aliphatic rings. The summed E-state index contributed by atoms with van der Waals surface area (Å²) in [6, 6.07) is 1.82. The van der Waals surface area contributed by atoms with Gasteiger partial charge in [0.05, 0.1) is 5.02 Å². The lowest BCUT2D eigenvalue weighted by molar-refractivity contribution is 0.0599. The lowest BCUT2D eigenvalue weighted by atomic mass is 9.99. The molecule has 0 radical (unpaired) electrons. The zero-order valence-corrected chi connectivity index (χ0v) is 11.6. The van der Waals surface area contributed by atoms with Crippen molar-refractivity contribution in [2.45, 2.75) is 31.7 Å². The van der Waals surface area contributed by atoms with E-state index in [2.05, 4.69) is 4.98 Å². The van der Waals surface area contributed by atoms with Gasteiger partial charge in [0, 0.05) is 12.6 Å². The molecular weight excluding hydrogens is 273 g/mol. The van der Waals surface area contributed by atoms with Crippen molar-refractivity contribution in [2.75, 3.05) is 13.1 Å². The van der Waals surface area contributed by atoms with Crippen molar-refractivity contribution in [3.63, 3.8) is 0 Å². The Hall–Kier alpha value is -0.710. The highest BCUT2D eigenvalue weighted by atomic mass is 35.5. The highest BCUT2D eigenvalue weighted by Crippen LogP contribution is 2.25. The predicted octanol–water partition coefficient (Wildman–Crippen LogP) is 2.67. The minimum atomic E-state index is -0.0399. The minimum absolute atomic E-state index is 0.0399. The summed E-state index contributed by atoms with van der Waals surface area (Å²) < 4.78 is 0. The van der Waals surface area contributed by atoms with Gasteiger partial charge in [0.25, 0.3) is 5.91 Å². The Kier molecular flexibility index (Phi) is 4.54. The number of hydrogen-bond acceptors (Lipinski definition) is 2. The minimum Gasteiger partial charge on any atom is -0.340 e. The van der Waals surface area contributed by atoms with Crippen molar-refractivity contribution < 1.29 is 4.79 Å². The molecule has 0 spiro atoms. The summed E-state index contributed by atoms with van der Waals surface area (Å²) in [7, 11) is 0. The van der Waals surface area contributed by atoms with Gasteiger partial charge in [-0.05, 0) is 38.3 Å². The summed E-state index contributed by atoms with van der Waals surface area (Å²) in [6.45, 7) is 1.37. The number of nitrogens with one attached hydrogen (secondary N) is 1. The second kappa shape index (κ2) is 5.95. The smallest absolute Gasteiger partial charge is 0.270 e. The Labute approximate surface area is 116 Å². The average Bonchev–Trinajstić information content (AvgIpc) is 2.70. The summed E-state index contributed by atoms with van der Waals surface area (Å²) in [6.07, 6.45) is 4.05. The first kappa shape index (κ1) is 13.7. The molecule has 2 heterocycles. The monoisotopic (exact) mass is 289 g/mol. The van der Waals surface area contributed by atoms with Crippen LogP contribution in [0.3, 0.4) is 0 Å². The second-order valence-electron chi connectivity index (χ2n) is 4.57. The molecule has 6 heteroatoms. The first-order valence-corrected chi connectivity index (χ1v) is 6.94. The molecule has 100 valence electrons. The molecule has 0 aliphatic carbocycles. The van der Waals surface area contributed by atoms with E-state index in [0.29, 0.717) is 22.4 Å². The molecule has 0 bridgehead atoms. The quantitative estimate of drug-likeness (QED) is 0.899. The highest BCUT2D eigenvalue weighted by Gasteiger charge is 2.28. The zero-order chi connectivity index (χ0) is 13.1. The maximum Gasteiger partial charge on any atom is 0.270 e. The van der Waals surface area contributed by atoms with Crippen molar-refractivity contribution in [2.24, 2.45) is 5.73 Å². The Bertz CT molecular complexity index is 411. The number of carbonyl (C=O) groups is 1. The number of halogens is 2. The molecule has 1 aliphatic heterocycles. The predicted molar refractivity (Wildman–Crippen MR) is 73.2 cm³/mol. The Morgan fingerprint density at radius 2 is 2.28 bits per heavy atom. The van der Waals surface area contributed by atoms with Crippen LogP contribution in [0.25, 0.3) is 0 Å². The van der Waals surface area contributed by atoms with Crippen molar-refractivity contribution in [1.82, 2.24) is 9.88 Å². The molecule has 0 aromatic carbocycles.